The molecule has 0 spiro atoms. The van der Waals surface area contributed by atoms with E-state index in [4.69, 9.17) is 14.9 Å². The minimum atomic E-state index is -2.00. The molecule has 0 unspecified atom stereocenters. The molecule has 17 heavy (non-hydrogen) atoms. The largest absolute Gasteiger partial charge is 0.497 e. The van der Waals surface area contributed by atoms with Crippen molar-refractivity contribution in [3.8, 4) is 5.75 Å². The summed E-state index contributed by atoms with van der Waals surface area (Å²) >= 11 is 2.76. The molecule has 0 aliphatic heterocycles. The molecule has 0 radical (unpaired) electrons. The molecule has 1 aromatic carbocycles. The van der Waals surface area contributed by atoms with Crippen LogP contribution in [0.4, 0.5) is 0 Å². The second kappa shape index (κ2) is 5.18. The molecule has 2 N–H and O–H groups in total. The van der Waals surface area contributed by atoms with Crippen LogP contribution in [0, 0.1) is 0 Å². The summed E-state index contributed by atoms with van der Waals surface area (Å²) in [5.41, 5.74) is 0.590. The van der Waals surface area contributed by atoms with Gasteiger partial charge >= 0.3 is 11.9 Å². The van der Waals surface area contributed by atoms with Gasteiger partial charge in [-0.05, 0) is 17.7 Å². The summed E-state index contributed by atoms with van der Waals surface area (Å²) in [5.74, 6) is -2.23. The van der Waals surface area contributed by atoms with Gasteiger partial charge in [0.05, 0.1) is 7.11 Å². The van der Waals surface area contributed by atoms with Gasteiger partial charge in [-0.1, -0.05) is 28.1 Å². The third-order valence-corrected chi connectivity index (χ3v) is 3.24. The van der Waals surface area contributed by atoms with Crippen LogP contribution < -0.4 is 4.74 Å². The lowest BCUT2D eigenvalue weighted by Crippen LogP contribution is -2.42. The van der Waals surface area contributed by atoms with Gasteiger partial charge < -0.3 is 14.9 Å². The molecule has 1 rings (SSSR count). The van der Waals surface area contributed by atoms with Crippen LogP contribution in [0.5, 0.6) is 5.75 Å². The van der Waals surface area contributed by atoms with E-state index < -0.39 is 16.3 Å². The maximum Gasteiger partial charge on any atom is 0.332 e. The highest BCUT2D eigenvalue weighted by Gasteiger charge is 2.44. The molecular weight excluding hydrogens is 292 g/mol. The highest BCUT2D eigenvalue weighted by Crippen LogP contribution is 2.25. The Morgan fingerprint density at radius 3 is 2.06 bits per heavy atom. The predicted molar refractivity (Wildman–Crippen MR) is 63.6 cm³/mol. The van der Waals surface area contributed by atoms with Crippen molar-refractivity contribution < 1.29 is 24.5 Å². The number of hydrogen-bond acceptors (Lipinski definition) is 3. The van der Waals surface area contributed by atoms with Crippen LogP contribution in [0.3, 0.4) is 0 Å². The summed E-state index contributed by atoms with van der Waals surface area (Å²) in [6.45, 7) is 0. The first-order chi connectivity index (χ1) is 7.90. The first kappa shape index (κ1) is 13.5. The molecule has 0 saturated heterocycles. The number of rotatable bonds is 5. The molecule has 5 nitrogen and oxygen atoms in total. The Labute approximate surface area is 106 Å². The van der Waals surface area contributed by atoms with Crippen molar-refractivity contribution >= 4 is 27.9 Å². The third kappa shape index (κ3) is 2.97. The second-order valence-electron chi connectivity index (χ2n) is 3.44. The summed E-state index contributed by atoms with van der Waals surface area (Å²) in [6, 6.07) is 6.54. The number of ether oxygens (including phenoxy) is 1. The summed E-state index contributed by atoms with van der Waals surface area (Å²) in [4.78, 5) is 21.9. The van der Waals surface area contributed by atoms with Crippen LogP contribution in [0.15, 0.2) is 24.3 Å². The van der Waals surface area contributed by atoms with Crippen molar-refractivity contribution in [2.24, 2.45) is 0 Å². The molecule has 0 fully saturated rings. The van der Waals surface area contributed by atoms with Crippen molar-refractivity contribution in [1.29, 1.82) is 0 Å². The molecule has 0 heterocycles. The van der Waals surface area contributed by atoms with E-state index in [0.29, 0.717) is 11.3 Å². The predicted octanol–water partition coefficient (Wildman–Crippen LogP) is 1.54. The van der Waals surface area contributed by atoms with Gasteiger partial charge in [0.2, 0.25) is 4.32 Å². The van der Waals surface area contributed by atoms with Crippen molar-refractivity contribution in [3.63, 3.8) is 0 Å². The minimum Gasteiger partial charge on any atom is -0.497 e. The highest BCUT2D eigenvalue weighted by atomic mass is 79.9. The van der Waals surface area contributed by atoms with E-state index in [1.165, 1.54) is 7.11 Å². The molecule has 0 aromatic heterocycles. The molecule has 0 saturated carbocycles. The normalized spacial score (nSPS) is 10.9. The zero-order valence-electron chi connectivity index (χ0n) is 9.01. The minimum absolute atomic E-state index is 0.151. The average Bonchev–Trinajstić information content (AvgIpc) is 2.29. The van der Waals surface area contributed by atoms with E-state index in [0.717, 1.165) is 0 Å². The number of carboxylic acid groups (broad SMARTS) is 2. The smallest absolute Gasteiger partial charge is 0.332 e. The van der Waals surface area contributed by atoms with Gasteiger partial charge in [-0.25, -0.2) is 0 Å². The van der Waals surface area contributed by atoms with Gasteiger partial charge in [0, 0.05) is 6.42 Å². The molecular formula is C11H11BrO5. The monoisotopic (exact) mass is 302 g/mol. The lowest BCUT2D eigenvalue weighted by molar-refractivity contribution is -0.151. The number of hydrogen-bond donors (Lipinski definition) is 2. The van der Waals surface area contributed by atoms with Crippen LogP contribution in [0.1, 0.15) is 5.56 Å². The van der Waals surface area contributed by atoms with Crippen molar-refractivity contribution in [1.82, 2.24) is 0 Å². The van der Waals surface area contributed by atoms with Gasteiger partial charge in [0.15, 0.2) is 0 Å². The summed E-state index contributed by atoms with van der Waals surface area (Å²) in [6.07, 6.45) is -0.151. The zero-order valence-corrected chi connectivity index (χ0v) is 10.6. The number of carbonyl (C=O) groups is 2. The molecule has 92 valence electrons. The Morgan fingerprint density at radius 2 is 1.71 bits per heavy atom. The van der Waals surface area contributed by atoms with Crippen molar-refractivity contribution in [2.75, 3.05) is 7.11 Å². The molecule has 0 atom stereocenters. The average molecular weight is 303 g/mol. The van der Waals surface area contributed by atoms with Crippen molar-refractivity contribution in [2.45, 2.75) is 10.7 Å². The third-order valence-electron chi connectivity index (χ3n) is 2.28. The zero-order chi connectivity index (χ0) is 13.1. The van der Waals surface area contributed by atoms with Crippen LogP contribution in [-0.2, 0) is 16.0 Å². The van der Waals surface area contributed by atoms with Gasteiger partial charge in [-0.15, -0.1) is 0 Å². The van der Waals surface area contributed by atoms with Crippen molar-refractivity contribution in [3.05, 3.63) is 29.8 Å². The Balaban J connectivity index is 2.94. The van der Waals surface area contributed by atoms with Crippen LogP contribution in [-0.4, -0.2) is 33.6 Å². The van der Waals surface area contributed by atoms with Gasteiger partial charge in [-0.3, -0.25) is 9.59 Å². The fraction of sp³-hybridized carbons (Fsp3) is 0.273. The van der Waals surface area contributed by atoms with Crippen LogP contribution >= 0.6 is 15.9 Å². The van der Waals surface area contributed by atoms with E-state index in [1.54, 1.807) is 24.3 Å². The SMILES string of the molecule is COc1ccc(CC(Br)(C(=O)O)C(=O)O)cc1. The molecule has 0 bridgehead atoms. The Morgan fingerprint density at radius 1 is 1.24 bits per heavy atom. The van der Waals surface area contributed by atoms with Crippen LogP contribution in [0.25, 0.3) is 0 Å². The first-order valence-corrected chi connectivity index (χ1v) is 5.48. The standard InChI is InChI=1S/C11H11BrO5/c1-17-8-4-2-7(3-5-8)6-11(12,9(13)14)10(15)16/h2-5H,6H2,1H3,(H,13,14)(H,15,16). The lowest BCUT2D eigenvalue weighted by Gasteiger charge is -2.17. The van der Waals surface area contributed by atoms with Gasteiger partial charge in [0.1, 0.15) is 5.75 Å². The van der Waals surface area contributed by atoms with E-state index in [2.05, 4.69) is 15.9 Å². The summed E-state index contributed by atoms with van der Waals surface area (Å²) in [7, 11) is 1.51. The van der Waals surface area contributed by atoms with E-state index in [-0.39, 0.29) is 6.42 Å². The van der Waals surface area contributed by atoms with Gasteiger partial charge in [0.25, 0.3) is 0 Å². The van der Waals surface area contributed by atoms with E-state index >= 15 is 0 Å². The fourth-order valence-electron chi connectivity index (χ4n) is 1.27. The number of aliphatic carboxylic acids is 2. The van der Waals surface area contributed by atoms with E-state index in [1.807, 2.05) is 0 Å². The molecule has 1 aromatic rings. The Hall–Kier alpha value is -1.56. The number of benzene rings is 1. The quantitative estimate of drug-likeness (QED) is 0.637. The highest BCUT2D eigenvalue weighted by molar-refractivity contribution is 9.10. The number of alkyl halides is 1. The maximum absolute atomic E-state index is 10.9. The number of carboxylic acids is 2. The first-order valence-electron chi connectivity index (χ1n) is 4.69. The Kier molecular flexibility index (Phi) is 4.11. The summed E-state index contributed by atoms with van der Waals surface area (Å²) < 4.78 is 2.95. The molecule has 0 aliphatic carbocycles. The second-order valence-corrected chi connectivity index (χ2v) is 4.79. The topological polar surface area (TPSA) is 83.8 Å². The molecule has 0 aliphatic rings. The molecule has 0 amide bonds. The van der Waals surface area contributed by atoms with Crippen LogP contribution in [0.2, 0.25) is 0 Å². The number of halogens is 1. The lowest BCUT2D eigenvalue weighted by atomic mass is 9.99. The Bertz CT molecular complexity index is 412. The fourth-order valence-corrected chi connectivity index (χ4v) is 1.59. The molecule has 6 heteroatoms. The summed E-state index contributed by atoms with van der Waals surface area (Å²) in [5, 5.41) is 17.8. The maximum atomic E-state index is 10.9. The van der Waals surface area contributed by atoms with Gasteiger partial charge in [-0.2, -0.15) is 0 Å². The number of methoxy groups -OCH3 is 1. The van der Waals surface area contributed by atoms with E-state index in [9.17, 15) is 9.59 Å².